The number of hydrogen-bond acceptors (Lipinski definition) is 3. The van der Waals surface area contributed by atoms with Crippen molar-refractivity contribution in [1.82, 2.24) is 15.1 Å². The van der Waals surface area contributed by atoms with Crippen LogP contribution in [0.3, 0.4) is 0 Å². The third kappa shape index (κ3) is 3.85. The van der Waals surface area contributed by atoms with E-state index in [0.717, 1.165) is 23.8 Å². The number of aromatic nitrogens is 2. The van der Waals surface area contributed by atoms with Crippen LogP contribution in [-0.4, -0.2) is 15.3 Å². The maximum atomic E-state index is 5.98. The summed E-state index contributed by atoms with van der Waals surface area (Å²) >= 11 is 5.98. The zero-order valence-electron chi connectivity index (χ0n) is 11.8. The van der Waals surface area contributed by atoms with Crippen LogP contribution in [0.4, 0.5) is 0 Å². The summed E-state index contributed by atoms with van der Waals surface area (Å²) in [5, 5.41) is 8.29. The van der Waals surface area contributed by atoms with Gasteiger partial charge < -0.3 is 9.73 Å². The van der Waals surface area contributed by atoms with Gasteiger partial charge in [-0.1, -0.05) is 11.6 Å². The highest BCUT2D eigenvalue weighted by atomic mass is 35.5. The molecule has 0 unspecified atom stereocenters. The Kier molecular flexibility index (Phi) is 4.02. The summed E-state index contributed by atoms with van der Waals surface area (Å²) < 4.78 is 7.62. The van der Waals surface area contributed by atoms with E-state index in [-0.39, 0.29) is 5.54 Å². The zero-order valence-corrected chi connectivity index (χ0v) is 12.6. The Morgan fingerprint density at radius 2 is 2.00 bits per heavy atom. The summed E-state index contributed by atoms with van der Waals surface area (Å²) in [5.41, 5.74) is 1.03. The molecule has 0 aliphatic carbocycles. The molecule has 0 aliphatic heterocycles. The van der Waals surface area contributed by atoms with Gasteiger partial charge in [-0.15, -0.1) is 0 Å². The van der Waals surface area contributed by atoms with E-state index in [1.807, 2.05) is 23.7 Å². The van der Waals surface area contributed by atoms with Crippen molar-refractivity contribution >= 4 is 11.6 Å². The Labute approximate surface area is 118 Å². The standard InChI is InChI=1S/C14H20ClN3O/c1-10-13(15)8-17-18(10)9-12-6-5-11(19-12)7-16-14(2,3)4/h5-6,8,16H,7,9H2,1-4H3. The lowest BCUT2D eigenvalue weighted by Crippen LogP contribution is -2.34. The Morgan fingerprint density at radius 1 is 1.32 bits per heavy atom. The summed E-state index contributed by atoms with van der Waals surface area (Å²) in [6, 6.07) is 3.98. The van der Waals surface area contributed by atoms with Crippen LogP contribution in [0.1, 0.15) is 38.0 Å². The Morgan fingerprint density at radius 3 is 2.58 bits per heavy atom. The summed E-state index contributed by atoms with van der Waals surface area (Å²) in [5.74, 6) is 1.81. The van der Waals surface area contributed by atoms with Crippen molar-refractivity contribution in [2.75, 3.05) is 0 Å². The molecule has 2 aromatic heterocycles. The van der Waals surface area contributed by atoms with Gasteiger partial charge in [-0.2, -0.15) is 5.10 Å². The van der Waals surface area contributed by atoms with Crippen molar-refractivity contribution in [1.29, 1.82) is 0 Å². The molecule has 19 heavy (non-hydrogen) atoms. The third-order valence-electron chi connectivity index (χ3n) is 2.86. The highest BCUT2D eigenvalue weighted by molar-refractivity contribution is 6.31. The molecule has 0 saturated heterocycles. The number of nitrogens with zero attached hydrogens (tertiary/aromatic N) is 2. The third-order valence-corrected chi connectivity index (χ3v) is 3.23. The average molecular weight is 282 g/mol. The van der Waals surface area contributed by atoms with Crippen LogP contribution < -0.4 is 5.32 Å². The van der Waals surface area contributed by atoms with Crippen LogP contribution in [-0.2, 0) is 13.1 Å². The molecule has 2 aromatic rings. The van der Waals surface area contributed by atoms with E-state index in [0.29, 0.717) is 11.6 Å². The van der Waals surface area contributed by atoms with Crippen molar-refractivity contribution in [3.63, 3.8) is 0 Å². The SMILES string of the molecule is Cc1c(Cl)cnn1Cc1ccc(CNC(C)(C)C)o1. The molecule has 2 heterocycles. The molecule has 0 atom stereocenters. The fourth-order valence-electron chi connectivity index (χ4n) is 1.69. The van der Waals surface area contributed by atoms with E-state index < -0.39 is 0 Å². The lowest BCUT2D eigenvalue weighted by atomic mass is 10.1. The van der Waals surface area contributed by atoms with Gasteiger partial charge in [0.25, 0.3) is 0 Å². The lowest BCUT2D eigenvalue weighted by molar-refractivity contribution is 0.374. The maximum absolute atomic E-state index is 5.98. The van der Waals surface area contributed by atoms with Gasteiger partial charge in [0.2, 0.25) is 0 Å². The van der Waals surface area contributed by atoms with E-state index >= 15 is 0 Å². The monoisotopic (exact) mass is 281 g/mol. The minimum Gasteiger partial charge on any atom is -0.463 e. The first-order valence-corrected chi connectivity index (χ1v) is 6.73. The number of rotatable bonds is 4. The largest absolute Gasteiger partial charge is 0.463 e. The number of furan rings is 1. The quantitative estimate of drug-likeness (QED) is 0.934. The summed E-state index contributed by atoms with van der Waals surface area (Å²) in [6.07, 6.45) is 1.65. The smallest absolute Gasteiger partial charge is 0.125 e. The Hall–Kier alpha value is -1.26. The van der Waals surface area contributed by atoms with Gasteiger partial charge in [-0.05, 0) is 39.8 Å². The van der Waals surface area contributed by atoms with Crippen LogP contribution in [0, 0.1) is 6.92 Å². The molecule has 5 heteroatoms. The fourth-order valence-corrected chi connectivity index (χ4v) is 1.83. The van der Waals surface area contributed by atoms with E-state index in [1.165, 1.54) is 0 Å². The first kappa shape index (κ1) is 14.2. The van der Waals surface area contributed by atoms with E-state index in [2.05, 4.69) is 31.2 Å². The van der Waals surface area contributed by atoms with Gasteiger partial charge in [0, 0.05) is 5.54 Å². The predicted octanol–water partition coefficient (Wildman–Crippen LogP) is 3.37. The molecular formula is C14H20ClN3O. The van der Waals surface area contributed by atoms with Crippen LogP contribution in [0.25, 0.3) is 0 Å². The summed E-state index contributed by atoms with van der Waals surface area (Å²) in [6.45, 7) is 9.67. The van der Waals surface area contributed by atoms with Gasteiger partial charge in [0.05, 0.1) is 30.0 Å². The van der Waals surface area contributed by atoms with Crippen molar-refractivity contribution < 1.29 is 4.42 Å². The molecule has 0 bridgehead atoms. The highest BCUT2D eigenvalue weighted by Gasteiger charge is 2.11. The number of halogens is 1. The molecule has 0 aliphatic rings. The van der Waals surface area contributed by atoms with Gasteiger partial charge in [-0.25, -0.2) is 0 Å². The molecule has 1 N–H and O–H groups in total. The highest BCUT2D eigenvalue weighted by Crippen LogP contribution is 2.16. The molecular weight excluding hydrogens is 262 g/mol. The van der Waals surface area contributed by atoms with Crippen molar-refractivity contribution in [3.8, 4) is 0 Å². The lowest BCUT2D eigenvalue weighted by Gasteiger charge is -2.19. The molecule has 0 radical (unpaired) electrons. The van der Waals surface area contributed by atoms with Gasteiger partial charge in [0.1, 0.15) is 11.5 Å². The van der Waals surface area contributed by atoms with Gasteiger partial charge in [0.15, 0.2) is 0 Å². The van der Waals surface area contributed by atoms with Gasteiger partial charge in [-0.3, -0.25) is 4.68 Å². The van der Waals surface area contributed by atoms with E-state index in [9.17, 15) is 0 Å². The summed E-state index contributed by atoms with van der Waals surface area (Å²) in [4.78, 5) is 0. The number of hydrogen-bond donors (Lipinski definition) is 1. The van der Waals surface area contributed by atoms with Crippen molar-refractivity contribution in [3.05, 3.63) is 40.6 Å². The molecule has 0 fully saturated rings. The molecule has 0 amide bonds. The van der Waals surface area contributed by atoms with Crippen LogP contribution >= 0.6 is 11.6 Å². The zero-order chi connectivity index (χ0) is 14.0. The number of nitrogens with one attached hydrogen (secondary N) is 1. The second kappa shape index (κ2) is 5.39. The molecule has 4 nitrogen and oxygen atoms in total. The van der Waals surface area contributed by atoms with Gasteiger partial charge >= 0.3 is 0 Å². The molecule has 0 aromatic carbocycles. The van der Waals surface area contributed by atoms with E-state index in [4.69, 9.17) is 16.0 Å². The average Bonchev–Trinajstić information content (AvgIpc) is 2.88. The van der Waals surface area contributed by atoms with Crippen LogP contribution in [0.2, 0.25) is 5.02 Å². The molecule has 0 saturated carbocycles. The van der Waals surface area contributed by atoms with Crippen molar-refractivity contribution in [2.24, 2.45) is 0 Å². The summed E-state index contributed by atoms with van der Waals surface area (Å²) in [7, 11) is 0. The first-order chi connectivity index (χ1) is 8.85. The predicted molar refractivity (Wildman–Crippen MR) is 76.4 cm³/mol. The Balaban J connectivity index is 2.00. The molecule has 2 rings (SSSR count). The fraction of sp³-hybridized carbons (Fsp3) is 0.500. The second-order valence-corrected chi connectivity index (χ2v) is 6.11. The Bertz CT molecular complexity index is 551. The normalized spacial score (nSPS) is 12.1. The molecule has 104 valence electrons. The first-order valence-electron chi connectivity index (χ1n) is 6.36. The minimum absolute atomic E-state index is 0.0824. The van der Waals surface area contributed by atoms with Crippen molar-refractivity contribution in [2.45, 2.75) is 46.3 Å². The topological polar surface area (TPSA) is 43.0 Å². The van der Waals surface area contributed by atoms with Crippen LogP contribution in [0.5, 0.6) is 0 Å². The van der Waals surface area contributed by atoms with Crippen LogP contribution in [0.15, 0.2) is 22.7 Å². The minimum atomic E-state index is 0.0824. The molecule has 0 spiro atoms. The van der Waals surface area contributed by atoms with E-state index in [1.54, 1.807) is 6.20 Å². The maximum Gasteiger partial charge on any atom is 0.125 e. The second-order valence-electron chi connectivity index (χ2n) is 5.71.